The van der Waals surface area contributed by atoms with Crippen molar-refractivity contribution >= 4 is 16.1 Å². The van der Waals surface area contributed by atoms with E-state index in [1.165, 1.54) is 19.3 Å². The number of hydrogen-bond donors (Lipinski definition) is 2. The van der Waals surface area contributed by atoms with Crippen LogP contribution in [0.3, 0.4) is 0 Å². The molecule has 2 aliphatic rings. The van der Waals surface area contributed by atoms with E-state index in [9.17, 15) is 13.2 Å². The maximum Gasteiger partial charge on any atom is 0.277 e. The largest absolute Gasteiger partial charge is 0.352 e. The number of rotatable bonds is 3. The first-order valence-corrected chi connectivity index (χ1v) is 9.09. The molecule has 0 unspecified atom stereocenters. The van der Waals surface area contributed by atoms with Crippen molar-refractivity contribution in [2.45, 2.75) is 69.9 Å². The molecule has 0 aromatic heterocycles. The monoisotopic (exact) mass is 303 g/mol. The fourth-order valence-corrected chi connectivity index (χ4v) is 4.14. The molecule has 116 valence electrons. The third kappa shape index (κ3) is 4.17. The number of carbonyl (C=O) groups excluding carboxylic acids is 1. The number of amides is 1. The smallest absolute Gasteiger partial charge is 0.277 e. The van der Waals surface area contributed by atoms with Gasteiger partial charge in [0.25, 0.3) is 10.2 Å². The first-order valence-electron chi connectivity index (χ1n) is 7.58. The second kappa shape index (κ2) is 6.87. The van der Waals surface area contributed by atoms with Gasteiger partial charge in [-0.3, -0.25) is 4.79 Å². The van der Waals surface area contributed by atoms with Gasteiger partial charge in [0.1, 0.15) is 6.04 Å². The summed E-state index contributed by atoms with van der Waals surface area (Å²) in [6.45, 7) is 0.349. The molecule has 1 saturated carbocycles. The highest BCUT2D eigenvalue weighted by Gasteiger charge is 2.37. The molecular weight excluding hydrogens is 278 g/mol. The molecule has 1 amide bonds. The van der Waals surface area contributed by atoms with Crippen LogP contribution >= 0.6 is 0 Å². The van der Waals surface area contributed by atoms with Crippen LogP contribution in [0.5, 0.6) is 0 Å². The van der Waals surface area contributed by atoms with Crippen molar-refractivity contribution in [3.8, 4) is 0 Å². The first kappa shape index (κ1) is 15.7. The summed E-state index contributed by atoms with van der Waals surface area (Å²) in [6, 6.07) is -0.429. The van der Waals surface area contributed by atoms with E-state index in [1.54, 1.807) is 0 Å². The summed E-state index contributed by atoms with van der Waals surface area (Å²) in [6.07, 6.45) is 9.24. The highest BCUT2D eigenvalue weighted by Crippen LogP contribution is 2.21. The van der Waals surface area contributed by atoms with E-state index in [0.29, 0.717) is 19.4 Å². The Bertz CT molecular complexity index is 430. The fraction of sp³-hybridized carbons (Fsp3) is 0.923. The zero-order chi connectivity index (χ0) is 14.6. The van der Waals surface area contributed by atoms with Crippen molar-refractivity contribution in [1.82, 2.24) is 9.62 Å². The minimum absolute atomic E-state index is 0.179. The predicted molar refractivity (Wildman–Crippen MR) is 77.1 cm³/mol. The lowest BCUT2D eigenvalue weighted by molar-refractivity contribution is -0.125. The van der Waals surface area contributed by atoms with Gasteiger partial charge in [-0.2, -0.15) is 12.7 Å². The van der Waals surface area contributed by atoms with Gasteiger partial charge in [-0.1, -0.05) is 32.1 Å². The molecule has 1 heterocycles. The number of nitrogens with two attached hydrogens (primary N) is 1. The van der Waals surface area contributed by atoms with Gasteiger partial charge in [0.05, 0.1) is 0 Å². The maximum atomic E-state index is 12.3. The molecule has 1 atom stereocenters. The SMILES string of the molecule is NS(=O)(=O)N1CCC[C@@H]1C(=O)NC1CCCCCCC1. The molecule has 1 aliphatic carbocycles. The summed E-state index contributed by atoms with van der Waals surface area (Å²) in [4.78, 5) is 12.3. The summed E-state index contributed by atoms with van der Waals surface area (Å²) >= 11 is 0. The topological polar surface area (TPSA) is 92.5 Å². The zero-order valence-electron chi connectivity index (χ0n) is 11.9. The van der Waals surface area contributed by atoms with Crippen molar-refractivity contribution in [3.05, 3.63) is 0 Å². The lowest BCUT2D eigenvalue weighted by Gasteiger charge is -2.25. The molecule has 0 spiro atoms. The summed E-state index contributed by atoms with van der Waals surface area (Å²) < 4.78 is 24.1. The molecule has 20 heavy (non-hydrogen) atoms. The van der Waals surface area contributed by atoms with Crippen LogP contribution in [0.15, 0.2) is 0 Å². The average Bonchev–Trinajstić information content (AvgIpc) is 2.81. The Morgan fingerprint density at radius 3 is 2.20 bits per heavy atom. The molecule has 1 aliphatic heterocycles. The van der Waals surface area contributed by atoms with Crippen LogP contribution in [0.2, 0.25) is 0 Å². The fourth-order valence-electron chi connectivity index (χ4n) is 3.20. The van der Waals surface area contributed by atoms with Crippen LogP contribution in [0.1, 0.15) is 57.8 Å². The van der Waals surface area contributed by atoms with Crippen molar-refractivity contribution in [3.63, 3.8) is 0 Å². The average molecular weight is 303 g/mol. The first-order chi connectivity index (χ1) is 9.48. The Labute approximate surface area is 121 Å². The molecule has 0 radical (unpaired) electrons. The summed E-state index contributed by atoms with van der Waals surface area (Å²) in [7, 11) is -3.78. The molecule has 0 aromatic rings. The van der Waals surface area contributed by atoms with E-state index >= 15 is 0 Å². The van der Waals surface area contributed by atoms with Crippen molar-refractivity contribution in [2.75, 3.05) is 6.54 Å². The van der Waals surface area contributed by atoms with Crippen molar-refractivity contribution in [1.29, 1.82) is 0 Å². The second-order valence-corrected chi connectivity index (χ2v) is 7.36. The lowest BCUT2D eigenvalue weighted by Crippen LogP contribution is -2.50. The van der Waals surface area contributed by atoms with Crippen LogP contribution in [-0.4, -0.2) is 37.3 Å². The summed E-state index contributed by atoms with van der Waals surface area (Å²) in [5, 5.41) is 8.20. The molecule has 7 heteroatoms. The molecule has 2 rings (SSSR count). The highest BCUT2D eigenvalue weighted by molar-refractivity contribution is 7.86. The van der Waals surface area contributed by atoms with Crippen LogP contribution < -0.4 is 10.5 Å². The quantitative estimate of drug-likeness (QED) is 0.810. The van der Waals surface area contributed by atoms with E-state index in [-0.39, 0.29) is 11.9 Å². The van der Waals surface area contributed by atoms with Crippen LogP contribution in [-0.2, 0) is 15.0 Å². The van der Waals surface area contributed by atoms with E-state index in [0.717, 1.165) is 30.0 Å². The minimum Gasteiger partial charge on any atom is -0.352 e. The van der Waals surface area contributed by atoms with Gasteiger partial charge in [-0.05, 0) is 25.7 Å². The Morgan fingerprint density at radius 2 is 1.60 bits per heavy atom. The van der Waals surface area contributed by atoms with Gasteiger partial charge >= 0.3 is 0 Å². The summed E-state index contributed by atoms with van der Waals surface area (Å²) in [5.41, 5.74) is 0. The van der Waals surface area contributed by atoms with E-state index in [4.69, 9.17) is 5.14 Å². The van der Waals surface area contributed by atoms with Crippen LogP contribution in [0.4, 0.5) is 0 Å². The van der Waals surface area contributed by atoms with Crippen LogP contribution in [0.25, 0.3) is 0 Å². The Morgan fingerprint density at radius 1 is 1.00 bits per heavy atom. The third-order valence-corrected chi connectivity index (χ3v) is 5.38. The van der Waals surface area contributed by atoms with E-state index < -0.39 is 16.3 Å². The predicted octanol–water partition coefficient (Wildman–Crippen LogP) is 0.883. The molecular formula is C13H25N3O3S. The maximum absolute atomic E-state index is 12.3. The van der Waals surface area contributed by atoms with Gasteiger partial charge in [0, 0.05) is 12.6 Å². The minimum atomic E-state index is -3.78. The van der Waals surface area contributed by atoms with Crippen molar-refractivity contribution in [2.24, 2.45) is 5.14 Å². The third-order valence-electron chi connectivity index (χ3n) is 4.28. The van der Waals surface area contributed by atoms with Gasteiger partial charge < -0.3 is 5.32 Å². The Kier molecular flexibility index (Phi) is 5.40. The van der Waals surface area contributed by atoms with Gasteiger partial charge in [0.2, 0.25) is 5.91 Å². The lowest BCUT2D eigenvalue weighted by atomic mass is 9.96. The number of nitrogens with one attached hydrogen (secondary N) is 1. The Balaban J connectivity index is 1.93. The normalized spacial score (nSPS) is 26.9. The molecule has 1 saturated heterocycles. The van der Waals surface area contributed by atoms with Gasteiger partial charge in [-0.25, -0.2) is 5.14 Å². The highest BCUT2D eigenvalue weighted by atomic mass is 32.2. The molecule has 3 N–H and O–H groups in total. The zero-order valence-corrected chi connectivity index (χ0v) is 12.7. The Hall–Kier alpha value is -0.660. The van der Waals surface area contributed by atoms with Crippen molar-refractivity contribution < 1.29 is 13.2 Å². The number of nitrogens with zero attached hydrogens (tertiary/aromatic N) is 1. The number of carbonyl (C=O) groups is 1. The number of hydrogen-bond acceptors (Lipinski definition) is 3. The van der Waals surface area contributed by atoms with E-state index in [1.807, 2.05) is 0 Å². The van der Waals surface area contributed by atoms with Gasteiger partial charge in [-0.15, -0.1) is 0 Å². The van der Waals surface area contributed by atoms with Gasteiger partial charge in [0.15, 0.2) is 0 Å². The standard InChI is InChI=1S/C13H25N3O3S/c14-20(18,19)16-10-6-9-12(16)13(17)15-11-7-4-2-1-3-5-8-11/h11-12H,1-10H2,(H,15,17)(H2,14,18,19)/t12-/m1/s1. The molecule has 0 bridgehead atoms. The summed E-state index contributed by atoms with van der Waals surface area (Å²) in [5.74, 6) is -0.179. The van der Waals surface area contributed by atoms with E-state index in [2.05, 4.69) is 5.32 Å². The molecule has 6 nitrogen and oxygen atoms in total. The molecule has 0 aromatic carbocycles. The molecule has 2 fully saturated rings. The van der Waals surface area contributed by atoms with Crippen LogP contribution in [0, 0.1) is 0 Å². The second-order valence-electron chi connectivity index (χ2n) is 5.86.